The molecule has 0 saturated carbocycles. The fraction of sp³-hybridized carbons (Fsp3) is 0.688. The number of hydrogen-bond donors (Lipinski definition) is 0. The van der Waals surface area contributed by atoms with Crippen LogP contribution >= 0.6 is 0 Å². The van der Waals surface area contributed by atoms with Gasteiger partial charge in [0.15, 0.2) is 0 Å². The number of esters is 1. The Kier molecular flexibility index (Phi) is 4.66. The Morgan fingerprint density at radius 3 is 2.91 bits per heavy atom. The molecule has 0 aliphatic carbocycles. The molecule has 0 spiro atoms. The monoisotopic (exact) mass is 321 g/mol. The third kappa shape index (κ3) is 3.39. The highest BCUT2D eigenvalue weighted by molar-refractivity contribution is 5.77. The normalized spacial score (nSPS) is 24.9. The molecule has 23 heavy (non-hydrogen) atoms. The fourth-order valence-electron chi connectivity index (χ4n) is 3.35. The van der Waals surface area contributed by atoms with Gasteiger partial charge in [-0.05, 0) is 6.42 Å². The summed E-state index contributed by atoms with van der Waals surface area (Å²) in [4.78, 5) is 31.9. The third-order valence-electron chi connectivity index (χ3n) is 4.64. The first kappa shape index (κ1) is 16.0. The molecule has 1 amide bonds. The van der Waals surface area contributed by atoms with Crippen LogP contribution in [0.5, 0.6) is 0 Å². The van der Waals surface area contributed by atoms with Gasteiger partial charge in [-0.25, -0.2) is 4.98 Å². The summed E-state index contributed by atoms with van der Waals surface area (Å²) in [5, 5.41) is 0. The molecule has 7 heteroatoms. The Balaban J connectivity index is 1.65. The zero-order chi connectivity index (χ0) is 16.4. The van der Waals surface area contributed by atoms with E-state index in [0.717, 1.165) is 31.6 Å². The second-order valence-electron chi connectivity index (χ2n) is 6.13. The third-order valence-corrected chi connectivity index (χ3v) is 4.64. The van der Waals surface area contributed by atoms with E-state index in [1.165, 1.54) is 0 Å². The molecular weight excluding hydrogens is 298 g/mol. The first-order chi connectivity index (χ1) is 11.1. The second-order valence-corrected chi connectivity index (χ2v) is 6.13. The minimum Gasteiger partial charge on any atom is -0.464 e. The van der Waals surface area contributed by atoms with E-state index in [2.05, 4.69) is 9.88 Å². The number of aryl methyl sites for hydroxylation is 1. The molecule has 1 aromatic heterocycles. The van der Waals surface area contributed by atoms with Crippen LogP contribution in [0.25, 0.3) is 0 Å². The maximum Gasteiger partial charge on any atom is 0.323 e. The van der Waals surface area contributed by atoms with E-state index in [4.69, 9.17) is 9.15 Å². The summed E-state index contributed by atoms with van der Waals surface area (Å²) in [6, 6.07) is -0.0693. The zero-order valence-corrected chi connectivity index (χ0v) is 13.7. The van der Waals surface area contributed by atoms with Crippen LogP contribution < -0.4 is 0 Å². The van der Waals surface area contributed by atoms with Gasteiger partial charge in [0.2, 0.25) is 11.8 Å². The summed E-state index contributed by atoms with van der Waals surface area (Å²) >= 11 is 0. The first-order valence-corrected chi connectivity index (χ1v) is 8.20. The molecule has 2 aliphatic heterocycles. The molecule has 2 atom stereocenters. The van der Waals surface area contributed by atoms with Crippen molar-refractivity contribution in [1.82, 2.24) is 14.8 Å². The number of carbonyl (C=O) groups is 2. The van der Waals surface area contributed by atoms with Crippen molar-refractivity contribution in [2.75, 3.05) is 19.7 Å². The molecule has 0 unspecified atom stereocenters. The van der Waals surface area contributed by atoms with Crippen LogP contribution in [-0.2, 0) is 27.3 Å². The molecule has 0 bridgehead atoms. The van der Waals surface area contributed by atoms with Crippen molar-refractivity contribution < 1.29 is 18.7 Å². The van der Waals surface area contributed by atoms with Gasteiger partial charge in [0.25, 0.3) is 0 Å². The number of likely N-dealkylation sites (tertiary alicyclic amines) is 1. The number of carbonyl (C=O) groups excluding carboxylic acids is 2. The Morgan fingerprint density at radius 2 is 2.30 bits per heavy atom. The molecule has 126 valence electrons. The Hall–Kier alpha value is -1.89. The molecule has 2 fully saturated rings. The van der Waals surface area contributed by atoms with E-state index < -0.39 is 0 Å². The Morgan fingerprint density at radius 1 is 1.48 bits per heavy atom. The lowest BCUT2D eigenvalue weighted by molar-refractivity contribution is -0.142. The summed E-state index contributed by atoms with van der Waals surface area (Å²) < 4.78 is 10.7. The number of ether oxygens (including phenoxy) is 1. The smallest absolute Gasteiger partial charge is 0.323 e. The van der Waals surface area contributed by atoms with Crippen LogP contribution in [-0.4, -0.2) is 58.4 Å². The van der Waals surface area contributed by atoms with Crippen LogP contribution in [0.15, 0.2) is 10.6 Å². The van der Waals surface area contributed by atoms with Gasteiger partial charge in [-0.1, -0.05) is 6.92 Å². The van der Waals surface area contributed by atoms with E-state index in [1.807, 2.05) is 6.92 Å². The molecule has 3 rings (SSSR count). The van der Waals surface area contributed by atoms with E-state index in [9.17, 15) is 9.59 Å². The zero-order valence-electron chi connectivity index (χ0n) is 13.7. The summed E-state index contributed by atoms with van der Waals surface area (Å²) in [6.45, 7) is 5.94. The minimum atomic E-state index is -0.151. The number of hydrogen-bond acceptors (Lipinski definition) is 6. The number of nitrogens with zero attached hydrogens (tertiary/aromatic N) is 3. The van der Waals surface area contributed by atoms with Gasteiger partial charge in [-0.2, -0.15) is 0 Å². The average molecular weight is 321 g/mol. The molecule has 7 nitrogen and oxygen atoms in total. The predicted octanol–water partition coefficient (Wildman–Crippen LogP) is 0.975. The van der Waals surface area contributed by atoms with Gasteiger partial charge in [0, 0.05) is 38.9 Å². The lowest BCUT2D eigenvalue weighted by Gasteiger charge is -2.27. The molecule has 0 N–H and O–H groups in total. The SMILES string of the molecule is CCc1cnc(CN(C(C)=O)[C@H]2CCN([C@H]3CCOC3=O)C2)o1. The minimum absolute atomic E-state index is 0.00194. The lowest BCUT2D eigenvalue weighted by atomic mass is 10.2. The molecule has 3 heterocycles. The Bertz CT molecular complexity index is 586. The number of aromatic nitrogens is 1. The van der Waals surface area contributed by atoms with E-state index in [-0.39, 0.29) is 24.0 Å². The van der Waals surface area contributed by atoms with E-state index >= 15 is 0 Å². The highest BCUT2D eigenvalue weighted by Crippen LogP contribution is 2.24. The van der Waals surface area contributed by atoms with Gasteiger partial charge in [-0.15, -0.1) is 0 Å². The van der Waals surface area contributed by atoms with Crippen LogP contribution in [0.4, 0.5) is 0 Å². The number of rotatable bonds is 5. The van der Waals surface area contributed by atoms with Crippen molar-refractivity contribution in [3.05, 3.63) is 17.8 Å². The number of amides is 1. The maximum absolute atomic E-state index is 12.1. The quantitative estimate of drug-likeness (QED) is 0.752. The maximum atomic E-state index is 12.1. The van der Waals surface area contributed by atoms with Crippen LogP contribution in [0.2, 0.25) is 0 Å². The summed E-state index contributed by atoms with van der Waals surface area (Å²) in [7, 11) is 0. The topological polar surface area (TPSA) is 75.9 Å². The second kappa shape index (κ2) is 6.70. The highest BCUT2D eigenvalue weighted by atomic mass is 16.5. The van der Waals surface area contributed by atoms with Crippen molar-refractivity contribution in [2.24, 2.45) is 0 Å². The molecule has 1 aromatic rings. The van der Waals surface area contributed by atoms with Gasteiger partial charge < -0.3 is 14.1 Å². The largest absolute Gasteiger partial charge is 0.464 e. The van der Waals surface area contributed by atoms with E-state index in [0.29, 0.717) is 25.6 Å². The number of cyclic esters (lactones) is 1. The molecule has 0 aromatic carbocycles. The van der Waals surface area contributed by atoms with Crippen molar-refractivity contribution >= 4 is 11.9 Å². The van der Waals surface area contributed by atoms with E-state index in [1.54, 1.807) is 18.0 Å². The van der Waals surface area contributed by atoms with Crippen molar-refractivity contribution in [2.45, 2.75) is 51.7 Å². The molecular formula is C16H23N3O4. The van der Waals surface area contributed by atoms with Crippen LogP contribution in [0, 0.1) is 0 Å². The summed E-state index contributed by atoms with van der Waals surface area (Å²) in [6.07, 6.45) is 4.09. The highest BCUT2D eigenvalue weighted by Gasteiger charge is 2.39. The molecule has 0 radical (unpaired) electrons. The van der Waals surface area contributed by atoms with Gasteiger partial charge in [0.05, 0.1) is 19.3 Å². The van der Waals surface area contributed by atoms with Crippen LogP contribution in [0.1, 0.15) is 38.3 Å². The van der Waals surface area contributed by atoms with Gasteiger partial charge in [0.1, 0.15) is 11.8 Å². The predicted molar refractivity (Wildman–Crippen MR) is 81.4 cm³/mol. The Labute approximate surface area is 135 Å². The van der Waals surface area contributed by atoms with Crippen molar-refractivity contribution in [1.29, 1.82) is 0 Å². The fourth-order valence-corrected chi connectivity index (χ4v) is 3.35. The van der Waals surface area contributed by atoms with Crippen LogP contribution in [0.3, 0.4) is 0 Å². The molecule has 2 saturated heterocycles. The van der Waals surface area contributed by atoms with Gasteiger partial charge >= 0.3 is 5.97 Å². The van der Waals surface area contributed by atoms with Gasteiger partial charge in [-0.3, -0.25) is 14.5 Å². The first-order valence-electron chi connectivity index (χ1n) is 8.20. The number of oxazole rings is 1. The lowest BCUT2D eigenvalue weighted by Crippen LogP contribution is -2.43. The summed E-state index contributed by atoms with van der Waals surface area (Å²) in [5.41, 5.74) is 0. The average Bonchev–Trinajstić information content (AvgIpc) is 3.24. The molecule has 2 aliphatic rings. The van der Waals surface area contributed by atoms with Crippen molar-refractivity contribution in [3.63, 3.8) is 0 Å². The summed E-state index contributed by atoms with van der Waals surface area (Å²) in [5.74, 6) is 1.25. The van der Waals surface area contributed by atoms with Crippen molar-refractivity contribution in [3.8, 4) is 0 Å². The standard InChI is InChI=1S/C16H23N3O4/c1-3-13-8-17-15(23-13)10-19(11(2)20)12-4-6-18(9-12)14-5-7-22-16(14)21/h8,12,14H,3-7,9-10H2,1-2H3/t12-,14-/m0/s1.